The number of nitrogens with zero attached hydrogens (tertiary/aromatic N) is 1. The Hall–Kier alpha value is -3.78. The number of carbonyl (C=O) groups is 2. The van der Waals surface area contributed by atoms with Crippen LogP contribution in [0.3, 0.4) is 0 Å². The monoisotopic (exact) mass is 511 g/mol. The lowest BCUT2D eigenvalue weighted by Gasteiger charge is -2.40. The fraction of sp³-hybridized carbons (Fsp3) is 0.333. The van der Waals surface area contributed by atoms with Gasteiger partial charge in [0.15, 0.2) is 11.4 Å². The topological polar surface area (TPSA) is 68.4 Å². The van der Waals surface area contributed by atoms with E-state index in [0.717, 1.165) is 0 Å². The summed E-state index contributed by atoms with van der Waals surface area (Å²) in [5.41, 5.74) is 2.35. The van der Waals surface area contributed by atoms with Gasteiger partial charge in [-0.1, -0.05) is 55.6 Å². The van der Waals surface area contributed by atoms with E-state index in [2.05, 4.69) is 42.9 Å². The molecule has 7 heteroatoms. The van der Waals surface area contributed by atoms with Gasteiger partial charge in [-0.3, -0.25) is 9.69 Å². The largest absolute Gasteiger partial charge is 0.497 e. The van der Waals surface area contributed by atoms with Crippen molar-refractivity contribution < 1.29 is 23.8 Å². The van der Waals surface area contributed by atoms with E-state index in [0.29, 0.717) is 42.0 Å². The maximum atomic E-state index is 13.7. The number of para-hydroxylation sites is 1. The molecule has 0 radical (unpaired) electrons. The highest BCUT2D eigenvalue weighted by atomic mass is 28.3. The van der Waals surface area contributed by atoms with E-state index < -0.39 is 31.4 Å². The number of anilines is 1. The van der Waals surface area contributed by atoms with E-state index in [-0.39, 0.29) is 5.78 Å². The standard InChI is InChI=1S/C30H29NO5Si/c1-34-23-17-18-25-24(21-23)30-27(32)16-12-19-29(30,36-30)26(15-10-5-6-11-20-37(2,3)4)31(25)28(33)35-22-13-8-7-9-14-22/h5-9,13-14,17-18,21,26H,12,16,19H2,1-4H3/b6-5-. The van der Waals surface area contributed by atoms with Gasteiger partial charge in [0, 0.05) is 12.0 Å². The van der Waals surface area contributed by atoms with Crippen LogP contribution in [0.4, 0.5) is 10.5 Å². The first-order valence-electron chi connectivity index (χ1n) is 12.4. The van der Waals surface area contributed by atoms with E-state index in [1.807, 2.05) is 6.07 Å². The molecule has 2 aromatic carbocycles. The number of ether oxygens (including phenoxy) is 3. The minimum atomic E-state index is -1.50. The van der Waals surface area contributed by atoms with Crippen molar-refractivity contribution in [3.8, 4) is 34.8 Å². The first-order chi connectivity index (χ1) is 17.7. The minimum absolute atomic E-state index is 0.00711. The number of hydrogen-bond donors (Lipinski definition) is 0. The smallest absolute Gasteiger partial charge is 0.420 e. The summed E-state index contributed by atoms with van der Waals surface area (Å²) >= 11 is 0. The highest BCUT2D eigenvalue weighted by Gasteiger charge is 2.82. The molecule has 1 saturated heterocycles. The number of carbonyl (C=O) groups excluding carboxylic acids is 2. The van der Waals surface area contributed by atoms with Crippen molar-refractivity contribution in [1.29, 1.82) is 0 Å². The molecule has 2 aliphatic heterocycles. The average Bonchev–Trinajstić information content (AvgIpc) is 3.59. The van der Waals surface area contributed by atoms with Crippen molar-refractivity contribution >= 4 is 25.6 Å². The Bertz CT molecular complexity index is 1400. The van der Waals surface area contributed by atoms with Crippen molar-refractivity contribution in [2.45, 2.75) is 56.1 Å². The Morgan fingerprint density at radius 3 is 2.59 bits per heavy atom. The summed E-state index contributed by atoms with van der Waals surface area (Å²) in [7, 11) is 0.0733. The zero-order valence-corrected chi connectivity index (χ0v) is 22.5. The first kappa shape index (κ1) is 24.9. The SMILES string of the molecule is COc1ccc2c(c1)C13OC1(CCCC3=O)C(C#C/C=C\C#C[Si](C)(C)C)N2C(=O)Oc1ccccc1. The summed E-state index contributed by atoms with van der Waals surface area (Å²) in [6.45, 7) is 6.52. The van der Waals surface area contributed by atoms with E-state index >= 15 is 0 Å². The normalized spacial score (nSPS) is 25.5. The molecule has 2 fully saturated rings. The number of hydrogen-bond acceptors (Lipinski definition) is 5. The summed E-state index contributed by atoms with van der Waals surface area (Å²) in [5, 5.41) is 0. The van der Waals surface area contributed by atoms with Gasteiger partial charge >= 0.3 is 6.09 Å². The van der Waals surface area contributed by atoms with Crippen LogP contribution in [0.2, 0.25) is 19.6 Å². The van der Waals surface area contributed by atoms with Crippen LogP contribution in [0.5, 0.6) is 11.5 Å². The quantitative estimate of drug-likeness (QED) is 0.313. The number of benzene rings is 2. The summed E-state index contributed by atoms with van der Waals surface area (Å²) < 4.78 is 17.6. The molecule has 188 valence electrons. The minimum Gasteiger partial charge on any atom is -0.497 e. The van der Waals surface area contributed by atoms with Crippen molar-refractivity contribution in [1.82, 2.24) is 0 Å². The van der Waals surface area contributed by atoms with Gasteiger partial charge in [-0.25, -0.2) is 4.79 Å². The zero-order valence-electron chi connectivity index (χ0n) is 21.5. The van der Waals surface area contributed by atoms with Crippen LogP contribution in [0.15, 0.2) is 60.7 Å². The molecule has 1 amide bonds. The first-order valence-corrected chi connectivity index (χ1v) is 15.9. The van der Waals surface area contributed by atoms with Gasteiger partial charge in [0.1, 0.15) is 31.2 Å². The number of rotatable bonds is 2. The lowest BCUT2D eigenvalue weighted by Crippen LogP contribution is -2.58. The molecule has 5 rings (SSSR count). The molecule has 3 atom stereocenters. The lowest BCUT2D eigenvalue weighted by molar-refractivity contribution is -0.125. The third-order valence-corrected chi connectivity index (χ3v) is 7.73. The van der Waals surface area contributed by atoms with Gasteiger partial charge in [-0.15, -0.1) is 5.54 Å². The van der Waals surface area contributed by atoms with Crippen molar-refractivity contribution in [3.05, 3.63) is 66.2 Å². The average molecular weight is 512 g/mol. The molecule has 1 saturated carbocycles. The maximum absolute atomic E-state index is 13.7. The van der Waals surface area contributed by atoms with Crippen molar-refractivity contribution in [3.63, 3.8) is 0 Å². The summed E-state index contributed by atoms with van der Waals surface area (Å²) in [5.74, 6) is 10.4. The van der Waals surface area contributed by atoms with Crippen molar-refractivity contribution in [2.75, 3.05) is 12.0 Å². The Morgan fingerprint density at radius 2 is 1.86 bits per heavy atom. The van der Waals surface area contributed by atoms with Gasteiger partial charge in [-0.05, 0) is 55.3 Å². The fourth-order valence-electron chi connectivity index (χ4n) is 5.25. The predicted molar refractivity (Wildman–Crippen MR) is 144 cm³/mol. The van der Waals surface area contributed by atoms with Crippen LogP contribution in [0, 0.1) is 23.3 Å². The number of amides is 1. The fourth-order valence-corrected chi connectivity index (χ4v) is 5.76. The van der Waals surface area contributed by atoms with E-state index in [4.69, 9.17) is 14.2 Å². The highest BCUT2D eigenvalue weighted by Crippen LogP contribution is 2.69. The summed E-state index contributed by atoms with van der Waals surface area (Å²) in [6, 6.07) is 13.5. The molecule has 6 nitrogen and oxygen atoms in total. The van der Waals surface area contributed by atoms with Gasteiger partial charge in [-0.2, -0.15) is 0 Å². The number of Topliss-reactive ketones (excluding diaryl/α,β-unsaturated/α-hetero) is 1. The van der Waals surface area contributed by atoms with Crippen LogP contribution >= 0.6 is 0 Å². The molecule has 37 heavy (non-hydrogen) atoms. The molecular formula is C30H29NO5Si. The van der Waals surface area contributed by atoms with Gasteiger partial charge < -0.3 is 14.2 Å². The van der Waals surface area contributed by atoms with E-state index in [1.54, 1.807) is 61.7 Å². The number of fused-ring (bicyclic) bond motifs is 1. The lowest BCUT2D eigenvalue weighted by atomic mass is 9.68. The third-order valence-electron chi connectivity index (χ3n) is 6.84. The van der Waals surface area contributed by atoms with Crippen LogP contribution in [0.1, 0.15) is 24.8 Å². The number of methoxy groups -OCH3 is 1. The second kappa shape index (κ2) is 9.26. The molecule has 0 spiro atoms. The van der Waals surface area contributed by atoms with Crippen LogP contribution in [-0.4, -0.2) is 38.7 Å². The summed E-state index contributed by atoms with van der Waals surface area (Å²) in [4.78, 5) is 28.6. The molecule has 2 heterocycles. The number of ketones is 1. The highest BCUT2D eigenvalue weighted by molar-refractivity contribution is 6.83. The molecule has 0 bridgehead atoms. The van der Waals surface area contributed by atoms with Crippen molar-refractivity contribution in [2.24, 2.45) is 0 Å². The van der Waals surface area contributed by atoms with Gasteiger partial charge in [0.25, 0.3) is 0 Å². The Kier molecular flexibility index (Phi) is 6.23. The second-order valence-electron chi connectivity index (χ2n) is 10.4. The predicted octanol–water partition coefficient (Wildman–Crippen LogP) is 5.24. The molecule has 1 aliphatic carbocycles. The Morgan fingerprint density at radius 1 is 1.11 bits per heavy atom. The molecule has 2 aromatic rings. The second-order valence-corrected chi connectivity index (χ2v) is 15.2. The van der Waals surface area contributed by atoms with Crippen LogP contribution in [0.25, 0.3) is 0 Å². The van der Waals surface area contributed by atoms with Gasteiger partial charge in [0.2, 0.25) is 0 Å². The van der Waals surface area contributed by atoms with Crippen LogP contribution in [-0.2, 0) is 15.1 Å². The molecule has 0 N–H and O–H groups in total. The van der Waals surface area contributed by atoms with E-state index in [9.17, 15) is 9.59 Å². The number of allylic oxidation sites excluding steroid dienone is 2. The maximum Gasteiger partial charge on any atom is 0.420 e. The third kappa shape index (κ3) is 4.25. The van der Waals surface area contributed by atoms with Gasteiger partial charge in [0.05, 0.1) is 12.8 Å². The van der Waals surface area contributed by atoms with Crippen LogP contribution < -0.4 is 14.4 Å². The molecule has 3 aliphatic rings. The Labute approximate surface area is 218 Å². The summed E-state index contributed by atoms with van der Waals surface area (Å²) in [6.07, 6.45) is 4.50. The Balaban J connectivity index is 1.61. The zero-order chi connectivity index (χ0) is 26.3. The molecule has 0 aromatic heterocycles. The molecular weight excluding hydrogens is 482 g/mol. The van der Waals surface area contributed by atoms with E-state index in [1.165, 1.54) is 4.90 Å². The number of epoxide rings is 1. The molecule has 3 unspecified atom stereocenters.